The van der Waals surface area contributed by atoms with E-state index in [0.29, 0.717) is 5.92 Å². The van der Waals surface area contributed by atoms with Gasteiger partial charge in [-0.2, -0.15) is 0 Å². The molecule has 4 aromatic rings. The number of nitrogens with two attached hydrogens (primary N) is 1. The van der Waals surface area contributed by atoms with Crippen LogP contribution in [0.2, 0.25) is 0 Å². The lowest BCUT2D eigenvalue weighted by Crippen LogP contribution is -2.45. The molecule has 2 unspecified atom stereocenters. The number of likely N-dealkylation sites (tertiary alicyclic amines) is 1. The molecular weight excluding hydrogens is 400 g/mol. The van der Waals surface area contributed by atoms with E-state index in [0.717, 1.165) is 51.9 Å². The van der Waals surface area contributed by atoms with Crippen LogP contribution in [0, 0.1) is 0 Å². The molecule has 0 aliphatic carbocycles. The first-order valence-electron chi connectivity index (χ1n) is 9.98. The molecule has 1 spiro atoms. The number of fused-ring (bicyclic) bond motifs is 2. The second-order valence-electron chi connectivity index (χ2n) is 8.14. The number of aromatic nitrogens is 2. The quantitative estimate of drug-likeness (QED) is 0.473. The van der Waals surface area contributed by atoms with Gasteiger partial charge in [-0.3, -0.25) is 4.90 Å². The van der Waals surface area contributed by atoms with Crippen molar-refractivity contribution in [1.82, 2.24) is 14.9 Å². The fourth-order valence-corrected chi connectivity index (χ4v) is 7.27. The SMILES string of the molecule is CN1CCC(c2cc3c(-c4nc5cc(N)ccc5s4)ccnc3s2)C12CCOC2. The van der Waals surface area contributed by atoms with E-state index in [9.17, 15) is 0 Å². The van der Waals surface area contributed by atoms with Crippen molar-refractivity contribution in [3.63, 3.8) is 0 Å². The number of hydrogen-bond acceptors (Lipinski definition) is 7. The monoisotopic (exact) mass is 422 g/mol. The Kier molecular flexibility index (Phi) is 3.96. The molecule has 2 saturated heterocycles. The molecule has 0 saturated carbocycles. The molecule has 7 heteroatoms. The van der Waals surface area contributed by atoms with E-state index in [1.165, 1.54) is 22.2 Å². The third-order valence-corrected chi connectivity index (χ3v) is 8.86. The standard InChI is InChI=1S/C22H22N4OS2/c1-26-8-5-16(22(26)6-9-27-12-22)19-11-15-14(4-7-24-20(15)29-19)21-25-17-10-13(23)2-3-18(17)28-21/h2-4,7,10-11,16H,5-6,8-9,12,23H2,1H3. The molecule has 29 heavy (non-hydrogen) atoms. The van der Waals surface area contributed by atoms with Crippen LogP contribution in [-0.2, 0) is 4.74 Å². The molecule has 0 radical (unpaired) electrons. The normalized spacial score (nSPS) is 25.1. The molecule has 0 amide bonds. The maximum atomic E-state index is 5.95. The van der Waals surface area contributed by atoms with Gasteiger partial charge in [0.05, 0.1) is 22.4 Å². The van der Waals surface area contributed by atoms with Crippen molar-refractivity contribution >= 4 is 48.8 Å². The topological polar surface area (TPSA) is 64.3 Å². The Balaban J connectivity index is 1.47. The van der Waals surface area contributed by atoms with Crippen LogP contribution in [0.4, 0.5) is 5.69 Å². The van der Waals surface area contributed by atoms with Gasteiger partial charge in [0, 0.05) is 40.2 Å². The molecule has 5 heterocycles. The number of thiophene rings is 1. The van der Waals surface area contributed by atoms with Crippen LogP contribution in [0.1, 0.15) is 23.6 Å². The molecule has 0 bridgehead atoms. The van der Waals surface area contributed by atoms with Gasteiger partial charge in [0.25, 0.3) is 0 Å². The van der Waals surface area contributed by atoms with Gasteiger partial charge in [-0.25, -0.2) is 9.97 Å². The Hall–Kier alpha value is -2.06. The lowest BCUT2D eigenvalue weighted by Gasteiger charge is -2.35. The minimum atomic E-state index is 0.147. The molecule has 2 aliphatic rings. The van der Waals surface area contributed by atoms with Gasteiger partial charge < -0.3 is 10.5 Å². The number of hydrogen-bond donors (Lipinski definition) is 1. The number of likely N-dealkylation sites (N-methyl/N-ethyl adjacent to an activating group) is 1. The van der Waals surface area contributed by atoms with Crippen molar-refractivity contribution in [2.24, 2.45) is 0 Å². The van der Waals surface area contributed by atoms with Crippen LogP contribution in [0.3, 0.4) is 0 Å². The Bertz CT molecular complexity index is 1220. The summed E-state index contributed by atoms with van der Waals surface area (Å²) in [5, 5.41) is 2.24. The molecule has 2 N–H and O–H groups in total. The lowest BCUT2D eigenvalue weighted by atomic mass is 9.83. The molecule has 2 atom stereocenters. The second kappa shape index (κ2) is 6.47. The maximum absolute atomic E-state index is 5.95. The van der Waals surface area contributed by atoms with Crippen molar-refractivity contribution < 1.29 is 4.74 Å². The summed E-state index contributed by atoms with van der Waals surface area (Å²) >= 11 is 3.56. The van der Waals surface area contributed by atoms with Crippen LogP contribution in [0.25, 0.3) is 31.0 Å². The summed E-state index contributed by atoms with van der Waals surface area (Å²) in [6, 6.07) is 10.4. The molecule has 5 nitrogen and oxygen atoms in total. The molecular formula is C22H22N4OS2. The van der Waals surface area contributed by atoms with Gasteiger partial charge in [-0.1, -0.05) is 0 Å². The van der Waals surface area contributed by atoms with E-state index in [1.54, 1.807) is 11.3 Å². The maximum Gasteiger partial charge on any atom is 0.125 e. The third kappa shape index (κ3) is 2.65. The van der Waals surface area contributed by atoms with Gasteiger partial charge in [0.1, 0.15) is 9.84 Å². The van der Waals surface area contributed by atoms with E-state index < -0.39 is 0 Å². The summed E-state index contributed by atoms with van der Waals surface area (Å²) in [4.78, 5) is 14.6. The average molecular weight is 423 g/mol. The predicted octanol–water partition coefficient (Wildman–Crippen LogP) is 4.73. The fraction of sp³-hybridized carbons (Fsp3) is 0.364. The number of pyridine rings is 1. The number of thiazole rings is 1. The zero-order valence-corrected chi connectivity index (χ0v) is 17.9. The van der Waals surface area contributed by atoms with Crippen LogP contribution in [0.15, 0.2) is 36.5 Å². The highest BCUT2D eigenvalue weighted by molar-refractivity contribution is 7.22. The van der Waals surface area contributed by atoms with Crippen molar-refractivity contribution in [3.8, 4) is 10.6 Å². The largest absolute Gasteiger partial charge is 0.399 e. The van der Waals surface area contributed by atoms with Crippen LogP contribution < -0.4 is 5.73 Å². The van der Waals surface area contributed by atoms with E-state index in [-0.39, 0.29) is 5.54 Å². The molecule has 1 aromatic carbocycles. The molecule has 2 fully saturated rings. The smallest absolute Gasteiger partial charge is 0.125 e. The Morgan fingerprint density at radius 3 is 3.03 bits per heavy atom. The summed E-state index contributed by atoms with van der Waals surface area (Å²) in [5.74, 6) is 0.511. The van der Waals surface area contributed by atoms with Gasteiger partial charge >= 0.3 is 0 Å². The van der Waals surface area contributed by atoms with Gasteiger partial charge in [0.15, 0.2) is 0 Å². The highest BCUT2D eigenvalue weighted by Gasteiger charge is 2.50. The minimum Gasteiger partial charge on any atom is -0.399 e. The zero-order valence-electron chi connectivity index (χ0n) is 16.2. The Morgan fingerprint density at radius 2 is 2.17 bits per heavy atom. The number of nitrogen functional groups attached to an aromatic ring is 1. The number of nitrogens with zero attached hydrogens (tertiary/aromatic N) is 3. The highest BCUT2D eigenvalue weighted by Crippen LogP contribution is 2.49. The van der Waals surface area contributed by atoms with E-state index in [1.807, 2.05) is 29.7 Å². The first kappa shape index (κ1) is 17.8. The summed E-state index contributed by atoms with van der Waals surface area (Å²) < 4.78 is 7.00. The molecule has 148 valence electrons. The Morgan fingerprint density at radius 1 is 1.24 bits per heavy atom. The zero-order chi connectivity index (χ0) is 19.6. The van der Waals surface area contributed by atoms with Crippen molar-refractivity contribution in [2.75, 3.05) is 32.5 Å². The van der Waals surface area contributed by atoms with Crippen LogP contribution in [0.5, 0.6) is 0 Å². The van der Waals surface area contributed by atoms with Crippen molar-refractivity contribution in [1.29, 1.82) is 0 Å². The number of ether oxygens (including phenoxy) is 1. The Labute approximate surface area is 177 Å². The number of benzene rings is 1. The van der Waals surface area contributed by atoms with E-state index >= 15 is 0 Å². The first-order chi connectivity index (χ1) is 14.1. The first-order valence-corrected chi connectivity index (χ1v) is 11.6. The third-order valence-electron chi connectivity index (χ3n) is 6.63. The number of rotatable bonds is 2. The predicted molar refractivity (Wildman–Crippen MR) is 121 cm³/mol. The fourth-order valence-electron chi connectivity index (χ4n) is 5.01. The number of anilines is 1. The van der Waals surface area contributed by atoms with Gasteiger partial charge in [-0.15, -0.1) is 22.7 Å². The van der Waals surface area contributed by atoms with Gasteiger partial charge in [-0.05, 0) is 56.8 Å². The second-order valence-corrected chi connectivity index (χ2v) is 10.2. The van der Waals surface area contributed by atoms with E-state index in [4.69, 9.17) is 20.4 Å². The molecule has 3 aromatic heterocycles. The minimum absolute atomic E-state index is 0.147. The summed E-state index contributed by atoms with van der Waals surface area (Å²) in [6.45, 7) is 2.83. The highest BCUT2D eigenvalue weighted by atomic mass is 32.1. The summed E-state index contributed by atoms with van der Waals surface area (Å²) in [7, 11) is 2.25. The van der Waals surface area contributed by atoms with Crippen LogP contribution in [-0.4, -0.2) is 47.2 Å². The summed E-state index contributed by atoms with van der Waals surface area (Å²) in [5.41, 5.74) is 8.97. The van der Waals surface area contributed by atoms with Crippen molar-refractivity contribution in [2.45, 2.75) is 24.3 Å². The molecule has 2 aliphatic heterocycles. The lowest BCUT2D eigenvalue weighted by molar-refractivity contribution is 0.111. The van der Waals surface area contributed by atoms with Crippen molar-refractivity contribution in [3.05, 3.63) is 41.4 Å². The summed E-state index contributed by atoms with van der Waals surface area (Å²) in [6.07, 6.45) is 4.21. The van der Waals surface area contributed by atoms with Gasteiger partial charge in [0.2, 0.25) is 0 Å². The average Bonchev–Trinajstić information content (AvgIpc) is 3.49. The molecule has 6 rings (SSSR count). The van der Waals surface area contributed by atoms with Crippen LogP contribution >= 0.6 is 22.7 Å². The van der Waals surface area contributed by atoms with E-state index in [2.05, 4.69) is 30.1 Å².